The number of hydrogen-bond donors (Lipinski definition) is 0. The number of aryl methyl sites for hydroxylation is 1. The number of halogens is 1. The minimum absolute atomic E-state index is 0.132. The van der Waals surface area contributed by atoms with Crippen molar-refractivity contribution in [2.45, 2.75) is 58.0 Å². The number of hydrogen-bond acceptors (Lipinski definition) is 7. The van der Waals surface area contributed by atoms with Crippen molar-refractivity contribution in [2.75, 3.05) is 38.3 Å². The average Bonchev–Trinajstić information content (AvgIpc) is 3.41. The Kier molecular flexibility index (Phi) is 8.10. The van der Waals surface area contributed by atoms with Gasteiger partial charge in [0, 0.05) is 53.2 Å². The fourth-order valence-corrected chi connectivity index (χ4v) is 6.11. The number of aromatic nitrogens is 3. The Hall–Kier alpha value is -3.62. The van der Waals surface area contributed by atoms with Crippen molar-refractivity contribution < 1.29 is 19.0 Å². The second kappa shape index (κ2) is 11.9. The molecule has 0 atom stereocenters. The standard InChI is InChI=1S/C33H37ClN4O4/c1-22-26(20-31(39)40-3)32-37-14-12-33(2,13-15-37)42-17-6-4-5-16-41-29-11-10-25(34)19-27(29)23-8-7-9-24(18-23)28-21-30(35-22)38(32)36-28/h7-11,18-19,21H,4-6,12-17,20H2,1-3H3. The van der Waals surface area contributed by atoms with Crippen LogP contribution in [-0.4, -0.2) is 59.6 Å². The van der Waals surface area contributed by atoms with E-state index in [0.717, 1.165) is 103 Å². The van der Waals surface area contributed by atoms with E-state index in [2.05, 4.69) is 24.0 Å². The highest BCUT2D eigenvalue weighted by Crippen LogP contribution is 2.37. The van der Waals surface area contributed by atoms with E-state index in [9.17, 15) is 4.79 Å². The molecule has 3 aliphatic rings. The van der Waals surface area contributed by atoms with Crippen LogP contribution in [-0.2, 0) is 20.7 Å². The van der Waals surface area contributed by atoms with Gasteiger partial charge < -0.3 is 19.1 Å². The summed E-state index contributed by atoms with van der Waals surface area (Å²) in [6.45, 7) is 7.11. The summed E-state index contributed by atoms with van der Waals surface area (Å²) >= 11 is 6.44. The molecule has 9 heteroatoms. The number of esters is 1. The van der Waals surface area contributed by atoms with E-state index in [1.807, 2.05) is 47.8 Å². The van der Waals surface area contributed by atoms with Gasteiger partial charge in [0.05, 0.1) is 31.4 Å². The molecular weight excluding hydrogens is 552 g/mol. The molecule has 0 saturated carbocycles. The Balaban J connectivity index is 1.49. The van der Waals surface area contributed by atoms with Crippen molar-refractivity contribution in [1.29, 1.82) is 0 Å². The Bertz CT molecular complexity index is 1610. The smallest absolute Gasteiger partial charge is 0.310 e. The van der Waals surface area contributed by atoms with Crippen LogP contribution < -0.4 is 9.64 Å². The molecule has 4 aromatic rings. The average molecular weight is 589 g/mol. The number of carbonyl (C=O) groups excluding carboxylic acids is 1. The topological polar surface area (TPSA) is 78.2 Å². The monoisotopic (exact) mass is 588 g/mol. The Labute approximate surface area is 251 Å². The third-order valence-electron chi connectivity index (χ3n) is 8.46. The molecular formula is C33H37ClN4O4. The van der Waals surface area contributed by atoms with Gasteiger partial charge in [0.1, 0.15) is 11.6 Å². The number of fused-ring (bicyclic) bond motifs is 8. The molecule has 0 radical (unpaired) electrons. The summed E-state index contributed by atoms with van der Waals surface area (Å²) in [5.74, 6) is 1.40. The quantitative estimate of drug-likeness (QED) is 0.242. The molecule has 7 rings (SSSR count). The van der Waals surface area contributed by atoms with Crippen LogP contribution in [0.2, 0.25) is 5.02 Å². The molecule has 0 aliphatic carbocycles. The van der Waals surface area contributed by atoms with Gasteiger partial charge in [-0.25, -0.2) is 4.98 Å². The normalized spacial score (nSPS) is 17.1. The van der Waals surface area contributed by atoms with Crippen molar-refractivity contribution in [3.05, 3.63) is 64.8 Å². The van der Waals surface area contributed by atoms with E-state index in [1.165, 1.54) is 7.11 Å². The maximum Gasteiger partial charge on any atom is 0.310 e. The zero-order valence-electron chi connectivity index (χ0n) is 24.5. The van der Waals surface area contributed by atoms with Gasteiger partial charge in [-0.05, 0) is 75.8 Å². The Morgan fingerprint density at radius 2 is 1.83 bits per heavy atom. The summed E-state index contributed by atoms with van der Waals surface area (Å²) in [6.07, 6.45) is 4.87. The van der Waals surface area contributed by atoms with Crippen molar-refractivity contribution >= 4 is 29.0 Å². The van der Waals surface area contributed by atoms with Crippen LogP contribution in [0.1, 0.15) is 50.3 Å². The second-order valence-corrected chi connectivity index (χ2v) is 11.9. The predicted molar refractivity (Wildman–Crippen MR) is 164 cm³/mol. The lowest BCUT2D eigenvalue weighted by molar-refractivity contribution is -0.139. The molecule has 5 heterocycles. The number of nitrogens with zero attached hydrogens (tertiary/aromatic N) is 4. The zero-order chi connectivity index (χ0) is 29.3. The lowest BCUT2D eigenvalue weighted by atomic mass is 9.92. The molecule has 2 aromatic heterocycles. The molecule has 6 bridgehead atoms. The molecule has 3 aliphatic heterocycles. The third-order valence-corrected chi connectivity index (χ3v) is 8.69. The van der Waals surface area contributed by atoms with Crippen LogP contribution in [0.25, 0.3) is 28.0 Å². The highest BCUT2D eigenvalue weighted by atomic mass is 35.5. The minimum Gasteiger partial charge on any atom is -0.493 e. The molecule has 42 heavy (non-hydrogen) atoms. The van der Waals surface area contributed by atoms with Crippen molar-refractivity contribution in [2.24, 2.45) is 0 Å². The van der Waals surface area contributed by atoms with Crippen LogP contribution in [0.3, 0.4) is 0 Å². The first-order valence-electron chi connectivity index (χ1n) is 14.7. The summed E-state index contributed by atoms with van der Waals surface area (Å²) in [6, 6.07) is 16.0. The van der Waals surface area contributed by atoms with Crippen LogP contribution >= 0.6 is 11.6 Å². The van der Waals surface area contributed by atoms with Crippen LogP contribution in [0.15, 0.2) is 48.5 Å². The molecule has 0 amide bonds. The number of anilines is 1. The van der Waals surface area contributed by atoms with Crippen molar-refractivity contribution in [3.63, 3.8) is 0 Å². The van der Waals surface area contributed by atoms with E-state index in [4.69, 9.17) is 35.9 Å². The molecule has 0 unspecified atom stereocenters. The molecule has 0 spiro atoms. The van der Waals surface area contributed by atoms with Gasteiger partial charge in [-0.15, -0.1) is 0 Å². The fraction of sp³-hybridized carbons (Fsp3) is 0.424. The number of benzene rings is 2. The van der Waals surface area contributed by atoms with Crippen molar-refractivity contribution in [3.8, 4) is 28.1 Å². The minimum atomic E-state index is -0.299. The number of carbonyl (C=O) groups is 1. The Morgan fingerprint density at radius 1 is 1.05 bits per heavy atom. The van der Waals surface area contributed by atoms with Gasteiger partial charge in [-0.2, -0.15) is 9.61 Å². The van der Waals surface area contributed by atoms with E-state index >= 15 is 0 Å². The number of piperidine rings is 1. The zero-order valence-corrected chi connectivity index (χ0v) is 25.2. The van der Waals surface area contributed by atoms with Crippen LogP contribution in [0.5, 0.6) is 5.75 Å². The van der Waals surface area contributed by atoms with E-state index in [0.29, 0.717) is 11.6 Å². The maximum atomic E-state index is 12.5. The van der Waals surface area contributed by atoms with Gasteiger partial charge in [-0.1, -0.05) is 29.8 Å². The van der Waals surface area contributed by atoms with Gasteiger partial charge in [0.15, 0.2) is 5.65 Å². The first-order valence-corrected chi connectivity index (χ1v) is 15.1. The third kappa shape index (κ3) is 5.83. The molecule has 220 valence electrons. The van der Waals surface area contributed by atoms with Gasteiger partial charge >= 0.3 is 5.97 Å². The SMILES string of the molecule is COC(=O)Cc1c(C)nc2cc3nn2c1N1CCC(C)(CC1)OCCCCCOc1ccc(Cl)cc1-c1cccc-3c1. The summed E-state index contributed by atoms with van der Waals surface area (Å²) < 4.78 is 19.6. The Morgan fingerprint density at radius 3 is 2.64 bits per heavy atom. The number of methoxy groups -OCH3 is 1. The molecule has 2 aromatic carbocycles. The van der Waals surface area contributed by atoms with Gasteiger partial charge in [-0.3, -0.25) is 4.79 Å². The lowest BCUT2D eigenvalue weighted by Crippen LogP contribution is -2.45. The largest absolute Gasteiger partial charge is 0.493 e. The summed E-state index contributed by atoms with van der Waals surface area (Å²) in [4.78, 5) is 19.7. The summed E-state index contributed by atoms with van der Waals surface area (Å²) in [7, 11) is 1.42. The first kappa shape index (κ1) is 28.5. The van der Waals surface area contributed by atoms with E-state index in [-0.39, 0.29) is 18.0 Å². The second-order valence-electron chi connectivity index (χ2n) is 11.5. The van der Waals surface area contributed by atoms with Crippen molar-refractivity contribution in [1.82, 2.24) is 14.6 Å². The van der Waals surface area contributed by atoms with Crippen LogP contribution in [0, 0.1) is 6.92 Å². The highest BCUT2D eigenvalue weighted by molar-refractivity contribution is 6.31. The van der Waals surface area contributed by atoms with E-state index < -0.39 is 0 Å². The molecule has 1 saturated heterocycles. The number of rotatable bonds is 2. The molecule has 8 nitrogen and oxygen atoms in total. The van der Waals surface area contributed by atoms with Crippen LogP contribution in [0.4, 0.5) is 5.82 Å². The molecule has 0 N–H and O–H groups in total. The summed E-state index contributed by atoms with van der Waals surface area (Å²) in [5, 5.41) is 5.73. The lowest BCUT2D eigenvalue weighted by Gasteiger charge is -2.41. The molecule has 1 fully saturated rings. The van der Waals surface area contributed by atoms with E-state index in [1.54, 1.807) is 0 Å². The van der Waals surface area contributed by atoms with Gasteiger partial charge in [0.25, 0.3) is 0 Å². The first-order chi connectivity index (χ1) is 20.3. The number of ether oxygens (including phenoxy) is 3. The highest BCUT2D eigenvalue weighted by Gasteiger charge is 2.33. The maximum absolute atomic E-state index is 12.5. The predicted octanol–water partition coefficient (Wildman–Crippen LogP) is 6.68. The van der Waals surface area contributed by atoms with Gasteiger partial charge in [0.2, 0.25) is 0 Å². The fourth-order valence-electron chi connectivity index (χ4n) is 5.94. The summed E-state index contributed by atoms with van der Waals surface area (Å²) in [5.41, 5.74) is 5.87.